The molecule has 0 radical (unpaired) electrons. The lowest BCUT2D eigenvalue weighted by molar-refractivity contribution is 0.122. The molecule has 13 heavy (non-hydrogen) atoms. The van der Waals surface area contributed by atoms with Crippen LogP contribution >= 0.6 is 0 Å². The summed E-state index contributed by atoms with van der Waals surface area (Å²) < 4.78 is 5.48. The Balaban J connectivity index is 1.75. The predicted molar refractivity (Wildman–Crippen MR) is 54.5 cm³/mol. The third-order valence-corrected chi connectivity index (χ3v) is 2.22. The molecule has 1 N–H and O–H groups in total. The van der Waals surface area contributed by atoms with Crippen molar-refractivity contribution >= 4 is 0 Å². The summed E-state index contributed by atoms with van der Waals surface area (Å²) in [6.07, 6.45) is 9.01. The summed E-state index contributed by atoms with van der Waals surface area (Å²) in [5, 5.41) is 3.22. The van der Waals surface area contributed by atoms with Crippen molar-refractivity contribution in [3.8, 4) is 12.3 Å². The molecule has 1 fully saturated rings. The Morgan fingerprint density at radius 2 is 2.38 bits per heavy atom. The summed E-state index contributed by atoms with van der Waals surface area (Å²) in [4.78, 5) is 0. The number of nitrogens with one attached hydrogen (secondary N) is 1. The van der Waals surface area contributed by atoms with Crippen LogP contribution in [0.2, 0.25) is 0 Å². The molecule has 1 aliphatic rings. The highest BCUT2D eigenvalue weighted by atomic mass is 16.5. The van der Waals surface area contributed by atoms with E-state index in [1.54, 1.807) is 0 Å². The van der Waals surface area contributed by atoms with Gasteiger partial charge in [-0.05, 0) is 38.6 Å². The second-order valence-electron chi connectivity index (χ2n) is 3.71. The van der Waals surface area contributed by atoms with Crippen molar-refractivity contribution < 1.29 is 4.74 Å². The smallest absolute Gasteiger partial charge is 0.0658 e. The molecule has 2 nitrogen and oxygen atoms in total. The number of terminal acetylenes is 1. The molecule has 0 saturated heterocycles. The second-order valence-corrected chi connectivity index (χ2v) is 3.71. The number of rotatable bonds is 7. The van der Waals surface area contributed by atoms with Crippen LogP contribution in [0, 0.1) is 18.3 Å². The molecule has 1 atom stereocenters. The van der Waals surface area contributed by atoms with Gasteiger partial charge < -0.3 is 10.1 Å². The molecule has 2 heteroatoms. The van der Waals surface area contributed by atoms with Crippen molar-refractivity contribution in [1.29, 1.82) is 0 Å². The molecule has 0 aromatic rings. The molecular weight excluding hydrogens is 162 g/mol. The van der Waals surface area contributed by atoms with Crippen LogP contribution in [-0.4, -0.2) is 25.8 Å². The Morgan fingerprint density at radius 1 is 1.62 bits per heavy atom. The standard InChI is InChI=1S/C11H19NO/c1-3-10(2)12-7-4-8-13-9-11-5-6-11/h1,10-12H,4-9H2,2H3. The fourth-order valence-corrected chi connectivity index (χ4v) is 1.09. The first kappa shape index (κ1) is 10.6. The Morgan fingerprint density at radius 3 is 3.00 bits per heavy atom. The van der Waals surface area contributed by atoms with Gasteiger partial charge in [0.2, 0.25) is 0 Å². The van der Waals surface area contributed by atoms with Gasteiger partial charge in [0.25, 0.3) is 0 Å². The van der Waals surface area contributed by atoms with E-state index >= 15 is 0 Å². The van der Waals surface area contributed by atoms with Gasteiger partial charge in [0, 0.05) is 13.2 Å². The van der Waals surface area contributed by atoms with E-state index in [0.29, 0.717) is 0 Å². The van der Waals surface area contributed by atoms with Crippen LogP contribution in [0.5, 0.6) is 0 Å². The fraction of sp³-hybridized carbons (Fsp3) is 0.818. The van der Waals surface area contributed by atoms with Gasteiger partial charge in [-0.25, -0.2) is 0 Å². The van der Waals surface area contributed by atoms with E-state index in [1.165, 1.54) is 12.8 Å². The van der Waals surface area contributed by atoms with Gasteiger partial charge in [0.1, 0.15) is 0 Å². The monoisotopic (exact) mass is 181 g/mol. The fourth-order valence-electron chi connectivity index (χ4n) is 1.09. The van der Waals surface area contributed by atoms with Gasteiger partial charge in [-0.3, -0.25) is 0 Å². The van der Waals surface area contributed by atoms with Gasteiger partial charge >= 0.3 is 0 Å². The van der Waals surface area contributed by atoms with Crippen molar-refractivity contribution in [3.63, 3.8) is 0 Å². The molecule has 0 amide bonds. The first-order chi connectivity index (χ1) is 6.33. The summed E-state index contributed by atoms with van der Waals surface area (Å²) in [5.74, 6) is 3.50. The van der Waals surface area contributed by atoms with Crippen LogP contribution in [-0.2, 0) is 4.74 Å². The summed E-state index contributed by atoms with van der Waals surface area (Å²) in [7, 11) is 0. The summed E-state index contributed by atoms with van der Waals surface area (Å²) in [6.45, 7) is 4.77. The quantitative estimate of drug-likeness (QED) is 0.473. The summed E-state index contributed by atoms with van der Waals surface area (Å²) in [6, 6.07) is 0.184. The third-order valence-electron chi connectivity index (χ3n) is 2.22. The predicted octanol–water partition coefficient (Wildman–Crippen LogP) is 1.41. The average Bonchev–Trinajstić information content (AvgIpc) is 2.94. The van der Waals surface area contributed by atoms with Gasteiger partial charge in [-0.1, -0.05) is 5.92 Å². The Bertz CT molecular complexity index is 169. The van der Waals surface area contributed by atoms with Crippen molar-refractivity contribution in [2.75, 3.05) is 19.8 Å². The molecule has 0 aromatic carbocycles. The van der Waals surface area contributed by atoms with Crippen molar-refractivity contribution in [1.82, 2.24) is 5.32 Å². The normalized spacial score (nSPS) is 18.2. The molecule has 1 aliphatic carbocycles. The highest BCUT2D eigenvalue weighted by Gasteiger charge is 2.20. The molecule has 1 rings (SSSR count). The van der Waals surface area contributed by atoms with E-state index < -0.39 is 0 Å². The minimum absolute atomic E-state index is 0.184. The number of hydrogen-bond acceptors (Lipinski definition) is 2. The van der Waals surface area contributed by atoms with Crippen LogP contribution in [0.3, 0.4) is 0 Å². The SMILES string of the molecule is C#CC(C)NCCCOCC1CC1. The van der Waals surface area contributed by atoms with Crippen molar-refractivity contribution in [2.45, 2.75) is 32.2 Å². The molecule has 74 valence electrons. The molecule has 0 heterocycles. The van der Waals surface area contributed by atoms with E-state index in [-0.39, 0.29) is 6.04 Å². The zero-order valence-corrected chi connectivity index (χ0v) is 8.38. The van der Waals surface area contributed by atoms with E-state index in [9.17, 15) is 0 Å². The van der Waals surface area contributed by atoms with Crippen LogP contribution in [0.25, 0.3) is 0 Å². The lowest BCUT2D eigenvalue weighted by Gasteiger charge is -2.07. The number of ether oxygens (including phenoxy) is 1. The van der Waals surface area contributed by atoms with Crippen LogP contribution < -0.4 is 5.32 Å². The Labute approximate surface area is 81.0 Å². The highest BCUT2D eigenvalue weighted by molar-refractivity contribution is 4.95. The minimum atomic E-state index is 0.184. The van der Waals surface area contributed by atoms with E-state index in [0.717, 1.165) is 32.1 Å². The van der Waals surface area contributed by atoms with Crippen LogP contribution in [0.4, 0.5) is 0 Å². The minimum Gasteiger partial charge on any atom is -0.381 e. The second kappa shape index (κ2) is 6.01. The Hall–Kier alpha value is -0.520. The molecule has 1 unspecified atom stereocenters. The maximum absolute atomic E-state index is 5.48. The summed E-state index contributed by atoms with van der Waals surface area (Å²) in [5.41, 5.74) is 0. The third kappa shape index (κ3) is 5.68. The summed E-state index contributed by atoms with van der Waals surface area (Å²) >= 11 is 0. The van der Waals surface area contributed by atoms with Crippen molar-refractivity contribution in [3.05, 3.63) is 0 Å². The maximum atomic E-state index is 5.48. The van der Waals surface area contributed by atoms with Gasteiger partial charge in [0.15, 0.2) is 0 Å². The number of hydrogen-bond donors (Lipinski definition) is 1. The largest absolute Gasteiger partial charge is 0.381 e. The maximum Gasteiger partial charge on any atom is 0.0658 e. The molecule has 0 aliphatic heterocycles. The highest BCUT2D eigenvalue weighted by Crippen LogP contribution is 2.28. The topological polar surface area (TPSA) is 21.3 Å². The zero-order chi connectivity index (χ0) is 9.52. The molecule has 0 spiro atoms. The molecule has 1 saturated carbocycles. The molecular formula is C11H19NO. The molecule has 0 bridgehead atoms. The van der Waals surface area contributed by atoms with Crippen LogP contribution in [0.15, 0.2) is 0 Å². The first-order valence-electron chi connectivity index (χ1n) is 5.10. The molecule has 0 aromatic heterocycles. The average molecular weight is 181 g/mol. The first-order valence-corrected chi connectivity index (χ1v) is 5.10. The van der Waals surface area contributed by atoms with Gasteiger partial charge in [0.05, 0.1) is 6.04 Å². The van der Waals surface area contributed by atoms with E-state index in [2.05, 4.69) is 11.2 Å². The van der Waals surface area contributed by atoms with Crippen LogP contribution in [0.1, 0.15) is 26.2 Å². The zero-order valence-electron chi connectivity index (χ0n) is 8.38. The Kier molecular flexibility index (Phi) is 4.88. The van der Waals surface area contributed by atoms with Gasteiger partial charge in [-0.15, -0.1) is 6.42 Å². The lowest BCUT2D eigenvalue weighted by Crippen LogP contribution is -2.26. The van der Waals surface area contributed by atoms with E-state index in [1.807, 2.05) is 6.92 Å². The van der Waals surface area contributed by atoms with Gasteiger partial charge in [-0.2, -0.15) is 0 Å². The van der Waals surface area contributed by atoms with E-state index in [4.69, 9.17) is 11.2 Å². The lowest BCUT2D eigenvalue weighted by atomic mass is 10.3. The van der Waals surface area contributed by atoms with Crippen molar-refractivity contribution in [2.24, 2.45) is 5.92 Å².